The number of ketones is 1. The molecule has 4 rings (SSSR count). The molecular formula is C30H44O4. The molecule has 1 saturated carbocycles. The van der Waals surface area contributed by atoms with E-state index in [9.17, 15) is 9.59 Å². The zero-order chi connectivity index (χ0) is 24.9. The topological polar surface area (TPSA) is 52.6 Å². The highest BCUT2D eigenvalue weighted by atomic mass is 16.6. The minimum atomic E-state index is -0.454. The smallest absolute Gasteiger partial charge is 0.306 e. The number of hydrogen-bond acceptors (Lipinski definition) is 4. The summed E-state index contributed by atoms with van der Waals surface area (Å²) in [5.74, 6) is 2.12. The predicted octanol–water partition coefficient (Wildman–Crippen LogP) is 7.10. The van der Waals surface area contributed by atoms with Gasteiger partial charge in [0, 0.05) is 29.6 Å². The van der Waals surface area contributed by atoms with E-state index in [1.807, 2.05) is 6.08 Å². The molecule has 188 valence electrons. The molecular weight excluding hydrogens is 424 g/mol. The molecule has 0 radical (unpaired) electrons. The molecule has 0 aromatic heterocycles. The molecule has 4 nitrogen and oxygen atoms in total. The molecule has 7 atom stereocenters. The first-order valence-electron chi connectivity index (χ1n) is 13.5. The fourth-order valence-corrected chi connectivity index (χ4v) is 7.62. The Labute approximate surface area is 206 Å². The molecule has 0 amide bonds. The number of allylic oxidation sites excluding steroid dienone is 6. The molecule has 1 aliphatic heterocycles. The first kappa shape index (κ1) is 25.3. The van der Waals surface area contributed by atoms with Gasteiger partial charge in [-0.3, -0.25) is 9.59 Å². The number of hydrogen-bond donors (Lipinski definition) is 0. The van der Waals surface area contributed by atoms with E-state index in [0.717, 1.165) is 44.3 Å². The van der Waals surface area contributed by atoms with Gasteiger partial charge in [0.25, 0.3) is 0 Å². The van der Waals surface area contributed by atoms with E-state index in [4.69, 9.17) is 9.47 Å². The standard InChI is InChI=1S/C30H44O4/c1-8-19(4)33-25(10-3)22-18-20-17-21(31)11-14-28(20,5)24-12-15-29(6,23(9-2)27(22)24)30(7)16-13-26(32)34-30/h10,12,17,19,22-23,27H,8-9,11,13-16,18H2,1-7H3/b25-10-/t19?,22-,23?,27?,28?,29?,30+/m0/s1. The van der Waals surface area contributed by atoms with Gasteiger partial charge < -0.3 is 9.47 Å². The lowest BCUT2D eigenvalue weighted by Crippen LogP contribution is -2.56. The largest absolute Gasteiger partial charge is 0.495 e. The lowest BCUT2D eigenvalue weighted by atomic mass is 9.45. The van der Waals surface area contributed by atoms with Crippen molar-refractivity contribution in [1.82, 2.24) is 0 Å². The van der Waals surface area contributed by atoms with E-state index in [1.54, 1.807) is 0 Å². The summed E-state index contributed by atoms with van der Waals surface area (Å²) in [6, 6.07) is 0. The zero-order valence-corrected chi connectivity index (χ0v) is 22.3. The third-order valence-corrected chi connectivity index (χ3v) is 10.1. The SMILES string of the molecule is C/C=C(\OC(C)CC)[C@@H]1CC2=CC(=O)CCC2(C)C2=CCC(C)([C@@]3(C)CCC(=O)O3)C(CC)C21. The van der Waals surface area contributed by atoms with Gasteiger partial charge >= 0.3 is 5.97 Å². The van der Waals surface area contributed by atoms with E-state index in [0.29, 0.717) is 24.7 Å². The van der Waals surface area contributed by atoms with Gasteiger partial charge in [0.05, 0.1) is 11.9 Å². The van der Waals surface area contributed by atoms with Gasteiger partial charge in [-0.05, 0) is 76.9 Å². The highest BCUT2D eigenvalue weighted by Gasteiger charge is 2.61. The molecule has 2 fully saturated rings. The molecule has 1 heterocycles. The van der Waals surface area contributed by atoms with E-state index < -0.39 is 5.60 Å². The van der Waals surface area contributed by atoms with Crippen molar-refractivity contribution in [3.8, 4) is 0 Å². The lowest BCUT2D eigenvalue weighted by molar-refractivity contribution is -0.167. The minimum Gasteiger partial charge on any atom is -0.495 e. The van der Waals surface area contributed by atoms with E-state index in [1.165, 1.54) is 11.1 Å². The molecule has 34 heavy (non-hydrogen) atoms. The van der Waals surface area contributed by atoms with E-state index in [2.05, 4.69) is 60.6 Å². The van der Waals surface area contributed by atoms with Crippen molar-refractivity contribution < 1.29 is 19.1 Å². The average molecular weight is 469 g/mol. The molecule has 4 aliphatic rings. The molecule has 3 aliphatic carbocycles. The monoisotopic (exact) mass is 468 g/mol. The molecule has 4 heteroatoms. The third kappa shape index (κ3) is 3.80. The molecule has 0 aromatic carbocycles. The quantitative estimate of drug-likeness (QED) is 0.237. The van der Waals surface area contributed by atoms with Crippen LogP contribution in [0.2, 0.25) is 0 Å². The van der Waals surface area contributed by atoms with Crippen LogP contribution in [-0.4, -0.2) is 23.5 Å². The first-order valence-corrected chi connectivity index (χ1v) is 13.5. The minimum absolute atomic E-state index is 0.0632. The fraction of sp³-hybridized carbons (Fsp3) is 0.733. The maximum atomic E-state index is 12.5. The molecule has 5 unspecified atom stereocenters. The number of esters is 1. The molecule has 0 aromatic rings. The fourth-order valence-electron chi connectivity index (χ4n) is 7.62. The van der Waals surface area contributed by atoms with Crippen LogP contribution < -0.4 is 0 Å². The maximum Gasteiger partial charge on any atom is 0.306 e. The van der Waals surface area contributed by atoms with Crippen LogP contribution in [0, 0.1) is 28.6 Å². The number of fused-ring (bicyclic) bond motifs is 3. The Bertz CT molecular complexity index is 941. The normalized spacial score (nSPS) is 41.1. The van der Waals surface area contributed by atoms with Crippen LogP contribution in [0.5, 0.6) is 0 Å². The van der Waals surface area contributed by atoms with Crippen molar-refractivity contribution in [2.45, 2.75) is 112 Å². The first-order chi connectivity index (χ1) is 16.0. The van der Waals surface area contributed by atoms with Crippen molar-refractivity contribution in [3.05, 3.63) is 35.1 Å². The van der Waals surface area contributed by atoms with Crippen LogP contribution >= 0.6 is 0 Å². The van der Waals surface area contributed by atoms with Gasteiger partial charge in [-0.1, -0.05) is 51.3 Å². The van der Waals surface area contributed by atoms with Gasteiger partial charge in [-0.2, -0.15) is 0 Å². The third-order valence-electron chi connectivity index (χ3n) is 10.1. The van der Waals surface area contributed by atoms with Crippen molar-refractivity contribution in [3.63, 3.8) is 0 Å². The molecule has 0 N–H and O–H groups in total. The summed E-state index contributed by atoms with van der Waals surface area (Å²) in [6.07, 6.45) is 13.3. The van der Waals surface area contributed by atoms with Gasteiger partial charge in [0.2, 0.25) is 0 Å². The maximum absolute atomic E-state index is 12.5. The van der Waals surface area contributed by atoms with Crippen LogP contribution in [0.3, 0.4) is 0 Å². The highest BCUT2D eigenvalue weighted by Crippen LogP contribution is 2.65. The van der Waals surface area contributed by atoms with Crippen LogP contribution in [0.4, 0.5) is 0 Å². The lowest BCUT2D eigenvalue weighted by Gasteiger charge is -2.60. The van der Waals surface area contributed by atoms with Crippen molar-refractivity contribution >= 4 is 11.8 Å². The Kier molecular flexibility index (Phi) is 6.68. The summed E-state index contributed by atoms with van der Waals surface area (Å²) in [7, 11) is 0. The van der Waals surface area contributed by atoms with Crippen LogP contribution in [0.1, 0.15) is 99.8 Å². The average Bonchev–Trinajstić information content (AvgIpc) is 3.17. The summed E-state index contributed by atoms with van der Waals surface area (Å²) in [6.45, 7) is 15.5. The van der Waals surface area contributed by atoms with Gasteiger partial charge in [-0.25, -0.2) is 0 Å². The Morgan fingerprint density at radius 3 is 2.53 bits per heavy atom. The predicted molar refractivity (Wildman–Crippen MR) is 135 cm³/mol. The van der Waals surface area contributed by atoms with Crippen LogP contribution in [0.15, 0.2) is 35.1 Å². The number of carbonyl (C=O) groups is 2. The summed E-state index contributed by atoms with van der Waals surface area (Å²) in [4.78, 5) is 24.7. The Balaban J connectivity index is 1.86. The van der Waals surface area contributed by atoms with Gasteiger partial charge in [0.1, 0.15) is 5.60 Å². The summed E-state index contributed by atoms with van der Waals surface area (Å²) in [5, 5.41) is 0. The second-order valence-electron chi connectivity index (χ2n) is 11.8. The molecule has 0 bridgehead atoms. The zero-order valence-electron chi connectivity index (χ0n) is 22.3. The number of carbonyl (C=O) groups excluding carboxylic acids is 2. The Morgan fingerprint density at radius 2 is 1.94 bits per heavy atom. The summed E-state index contributed by atoms with van der Waals surface area (Å²) in [5.41, 5.74) is 2.11. The Hall–Kier alpha value is -1.84. The number of rotatable bonds is 6. The van der Waals surface area contributed by atoms with Crippen molar-refractivity contribution in [1.29, 1.82) is 0 Å². The highest BCUT2D eigenvalue weighted by molar-refractivity contribution is 5.92. The van der Waals surface area contributed by atoms with E-state index >= 15 is 0 Å². The molecule has 0 spiro atoms. The Morgan fingerprint density at radius 1 is 1.21 bits per heavy atom. The van der Waals surface area contributed by atoms with Crippen molar-refractivity contribution in [2.24, 2.45) is 28.6 Å². The second-order valence-corrected chi connectivity index (χ2v) is 11.8. The van der Waals surface area contributed by atoms with Crippen LogP contribution in [0.25, 0.3) is 0 Å². The molecule has 1 saturated heterocycles. The van der Waals surface area contributed by atoms with Gasteiger partial charge in [-0.15, -0.1) is 0 Å². The number of cyclic esters (lactones) is 1. The number of ether oxygens (including phenoxy) is 2. The summed E-state index contributed by atoms with van der Waals surface area (Å²) >= 11 is 0. The van der Waals surface area contributed by atoms with Crippen molar-refractivity contribution in [2.75, 3.05) is 0 Å². The summed E-state index contributed by atoms with van der Waals surface area (Å²) < 4.78 is 12.6. The second kappa shape index (κ2) is 8.99. The van der Waals surface area contributed by atoms with Crippen LogP contribution in [-0.2, 0) is 19.1 Å². The van der Waals surface area contributed by atoms with Gasteiger partial charge in [0.15, 0.2) is 5.78 Å². The van der Waals surface area contributed by atoms with E-state index in [-0.39, 0.29) is 34.6 Å².